The van der Waals surface area contributed by atoms with Gasteiger partial charge in [0.05, 0.1) is 4.90 Å². The van der Waals surface area contributed by atoms with Gasteiger partial charge in [-0.15, -0.1) is 0 Å². The largest absolute Gasteiger partial charge is 0.326 e. The summed E-state index contributed by atoms with van der Waals surface area (Å²) in [5.41, 5.74) is 7.54. The quantitative estimate of drug-likeness (QED) is 0.906. The second-order valence-electron chi connectivity index (χ2n) is 5.85. The van der Waals surface area contributed by atoms with Crippen molar-refractivity contribution >= 4 is 10.0 Å². The van der Waals surface area contributed by atoms with E-state index in [-0.39, 0.29) is 6.04 Å². The van der Waals surface area contributed by atoms with Gasteiger partial charge in [-0.2, -0.15) is 4.31 Å². The van der Waals surface area contributed by atoms with Crippen molar-refractivity contribution in [1.82, 2.24) is 9.21 Å². The lowest BCUT2D eigenvalue weighted by Gasteiger charge is -2.34. The third-order valence-electron chi connectivity index (χ3n) is 4.41. The molecule has 1 aromatic rings. The fourth-order valence-electron chi connectivity index (χ4n) is 2.78. The predicted octanol–water partition coefficient (Wildman–Crippen LogP) is 1.17. The molecule has 2 rings (SSSR count). The lowest BCUT2D eigenvalue weighted by Crippen LogP contribution is -2.44. The minimum Gasteiger partial charge on any atom is -0.326 e. The molecule has 0 spiro atoms. The molecule has 118 valence electrons. The number of benzene rings is 1. The molecule has 6 heteroatoms. The predicted molar refractivity (Wildman–Crippen MR) is 84.5 cm³/mol. The molecule has 0 radical (unpaired) electrons. The standard InChI is InChI=1S/C15H25N3O2S/c1-12-10-15(5-4-13(12)11-16)21(19,20)18(3)14-6-8-17(2)9-7-14/h4-5,10,14H,6-9,11,16H2,1-3H3. The number of sulfonamides is 1. The lowest BCUT2D eigenvalue weighted by atomic mass is 10.1. The smallest absolute Gasteiger partial charge is 0.243 e. The Labute approximate surface area is 127 Å². The number of aryl methyl sites for hydroxylation is 1. The van der Waals surface area contributed by atoms with Crippen LogP contribution in [0.4, 0.5) is 0 Å². The highest BCUT2D eigenvalue weighted by Crippen LogP contribution is 2.23. The molecule has 0 aromatic heterocycles. The van der Waals surface area contributed by atoms with Gasteiger partial charge in [-0.1, -0.05) is 6.07 Å². The van der Waals surface area contributed by atoms with E-state index in [4.69, 9.17) is 5.73 Å². The van der Waals surface area contributed by atoms with Crippen LogP contribution in [0.2, 0.25) is 0 Å². The van der Waals surface area contributed by atoms with Crippen LogP contribution in [0.1, 0.15) is 24.0 Å². The van der Waals surface area contributed by atoms with Crippen LogP contribution >= 0.6 is 0 Å². The van der Waals surface area contributed by atoms with Crippen LogP contribution in [0.5, 0.6) is 0 Å². The maximum Gasteiger partial charge on any atom is 0.243 e. The Morgan fingerprint density at radius 1 is 1.33 bits per heavy atom. The van der Waals surface area contributed by atoms with Gasteiger partial charge in [0, 0.05) is 19.6 Å². The van der Waals surface area contributed by atoms with E-state index in [0.29, 0.717) is 11.4 Å². The van der Waals surface area contributed by atoms with E-state index in [1.165, 1.54) is 4.31 Å². The number of hydrogen-bond acceptors (Lipinski definition) is 4. The average Bonchev–Trinajstić information content (AvgIpc) is 2.47. The first kappa shape index (κ1) is 16.4. The van der Waals surface area contributed by atoms with E-state index in [1.54, 1.807) is 19.2 Å². The molecule has 0 aliphatic carbocycles. The SMILES string of the molecule is Cc1cc(S(=O)(=O)N(C)C2CCN(C)CC2)ccc1CN. The first-order chi connectivity index (χ1) is 9.86. The van der Waals surface area contributed by atoms with Crippen LogP contribution in [0.15, 0.2) is 23.1 Å². The van der Waals surface area contributed by atoms with E-state index >= 15 is 0 Å². The summed E-state index contributed by atoms with van der Waals surface area (Å²) in [6.07, 6.45) is 1.76. The van der Waals surface area contributed by atoms with Crippen LogP contribution in [0.25, 0.3) is 0 Å². The van der Waals surface area contributed by atoms with Crippen LogP contribution in [0, 0.1) is 6.92 Å². The fourth-order valence-corrected chi connectivity index (χ4v) is 4.28. The maximum atomic E-state index is 12.7. The van der Waals surface area contributed by atoms with Gasteiger partial charge < -0.3 is 10.6 Å². The highest BCUT2D eigenvalue weighted by atomic mass is 32.2. The summed E-state index contributed by atoms with van der Waals surface area (Å²) >= 11 is 0. The first-order valence-electron chi connectivity index (χ1n) is 7.32. The molecule has 2 N–H and O–H groups in total. The summed E-state index contributed by atoms with van der Waals surface area (Å²) < 4.78 is 27.0. The summed E-state index contributed by atoms with van der Waals surface area (Å²) in [4.78, 5) is 2.59. The van der Waals surface area contributed by atoms with Crippen molar-refractivity contribution in [3.63, 3.8) is 0 Å². The summed E-state index contributed by atoms with van der Waals surface area (Å²) in [5.74, 6) is 0. The second-order valence-corrected chi connectivity index (χ2v) is 7.85. The summed E-state index contributed by atoms with van der Waals surface area (Å²) in [5, 5.41) is 0. The minimum absolute atomic E-state index is 0.0840. The molecule has 0 saturated carbocycles. The zero-order valence-electron chi connectivity index (χ0n) is 13.0. The molecule has 1 heterocycles. The molecule has 0 unspecified atom stereocenters. The van der Waals surface area contributed by atoms with Crippen molar-refractivity contribution in [2.45, 2.75) is 37.2 Å². The van der Waals surface area contributed by atoms with E-state index < -0.39 is 10.0 Å². The molecule has 1 aliphatic heterocycles. The fraction of sp³-hybridized carbons (Fsp3) is 0.600. The van der Waals surface area contributed by atoms with Gasteiger partial charge in [0.15, 0.2) is 0 Å². The van der Waals surface area contributed by atoms with Crippen LogP contribution < -0.4 is 5.73 Å². The Hall–Kier alpha value is -0.950. The highest BCUT2D eigenvalue weighted by Gasteiger charge is 2.30. The van der Waals surface area contributed by atoms with Crippen molar-refractivity contribution in [2.75, 3.05) is 27.2 Å². The van der Waals surface area contributed by atoms with Gasteiger partial charge in [0.25, 0.3) is 0 Å². The van der Waals surface area contributed by atoms with E-state index in [9.17, 15) is 8.42 Å². The Balaban J connectivity index is 2.22. The van der Waals surface area contributed by atoms with E-state index in [2.05, 4.69) is 11.9 Å². The average molecular weight is 311 g/mol. The topological polar surface area (TPSA) is 66.6 Å². The lowest BCUT2D eigenvalue weighted by molar-refractivity contribution is 0.197. The molecule has 0 atom stereocenters. The molecule has 1 aliphatic rings. The van der Waals surface area contributed by atoms with Crippen molar-refractivity contribution < 1.29 is 8.42 Å². The molecule has 0 amide bonds. The van der Waals surface area contributed by atoms with E-state index in [0.717, 1.165) is 37.1 Å². The summed E-state index contributed by atoms with van der Waals surface area (Å²) in [6.45, 7) is 4.21. The van der Waals surface area contributed by atoms with Gasteiger partial charge in [-0.05, 0) is 63.2 Å². The molecule has 1 aromatic carbocycles. The third kappa shape index (κ3) is 3.45. The zero-order valence-corrected chi connectivity index (χ0v) is 13.9. The minimum atomic E-state index is -3.43. The van der Waals surface area contributed by atoms with Crippen molar-refractivity contribution in [1.29, 1.82) is 0 Å². The monoisotopic (exact) mass is 311 g/mol. The molecule has 1 fully saturated rings. The summed E-state index contributed by atoms with van der Waals surface area (Å²) in [7, 11) is 0.331. The molecule has 1 saturated heterocycles. The van der Waals surface area contributed by atoms with Gasteiger partial charge in [-0.3, -0.25) is 0 Å². The summed E-state index contributed by atoms with van der Waals surface area (Å²) in [6, 6.07) is 5.28. The van der Waals surface area contributed by atoms with E-state index in [1.807, 2.05) is 13.0 Å². The Bertz CT molecular complexity index is 593. The van der Waals surface area contributed by atoms with Crippen molar-refractivity contribution in [3.05, 3.63) is 29.3 Å². The zero-order chi connectivity index (χ0) is 15.6. The van der Waals surface area contributed by atoms with Gasteiger partial charge in [0.1, 0.15) is 0 Å². The van der Waals surface area contributed by atoms with Gasteiger partial charge >= 0.3 is 0 Å². The highest BCUT2D eigenvalue weighted by molar-refractivity contribution is 7.89. The van der Waals surface area contributed by atoms with Crippen LogP contribution in [-0.4, -0.2) is 50.8 Å². The molecular weight excluding hydrogens is 286 g/mol. The van der Waals surface area contributed by atoms with Crippen molar-refractivity contribution in [2.24, 2.45) is 5.73 Å². The number of nitrogens with two attached hydrogens (primary N) is 1. The van der Waals surface area contributed by atoms with Crippen molar-refractivity contribution in [3.8, 4) is 0 Å². The van der Waals surface area contributed by atoms with Gasteiger partial charge in [-0.25, -0.2) is 8.42 Å². The number of nitrogens with zero attached hydrogens (tertiary/aromatic N) is 2. The maximum absolute atomic E-state index is 12.7. The Morgan fingerprint density at radius 2 is 1.95 bits per heavy atom. The van der Waals surface area contributed by atoms with Crippen LogP contribution in [0.3, 0.4) is 0 Å². The third-order valence-corrected chi connectivity index (χ3v) is 6.32. The van der Waals surface area contributed by atoms with Gasteiger partial charge in [0.2, 0.25) is 10.0 Å². The normalized spacial score (nSPS) is 18.3. The first-order valence-corrected chi connectivity index (χ1v) is 8.76. The molecule has 5 nitrogen and oxygen atoms in total. The molecular formula is C15H25N3O2S. The number of rotatable bonds is 4. The molecule has 21 heavy (non-hydrogen) atoms. The van der Waals surface area contributed by atoms with Crippen LogP contribution in [-0.2, 0) is 16.6 Å². The number of hydrogen-bond donors (Lipinski definition) is 1. The number of likely N-dealkylation sites (tertiary alicyclic amines) is 1. The Kier molecular flexibility index (Phi) is 5.03. The Morgan fingerprint density at radius 3 is 2.48 bits per heavy atom. The number of piperidine rings is 1. The second kappa shape index (κ2) is 6.44. The molecule has 0 bridgehead atoms.